The molecular formula is C18H24N4O2. The van der Waals surface area contributed by atoms with E-state index < -0.39 is 5.97 Å². The lowest BCUT2D eigenvalue weighted by molar-refractivity contribution is -0.137. The van der Waals surface area contributed by atoms with Crippen molar-refractivity contribution in [1.29, 1.82) is 0 Å². The van der Waals surface area contributed by atoms with Gasteiger partial charge in [0.25, 0.3) is 0 Å². The molecule has 128 valence electrons. The number of nitrogens with zero attached hydrogens (tertiary/aromatic N) is 1. The van der Waals surface area contributed by atoms with Crippen LogP contribution in [-0.2, 0) is 16.1 Å². The van der Waals surface area contributed by atoms with Crippen molar-refractivity contribution in [3.8, 4) is 0 Å². The molecule has 0 aliphatic carbocycles. The largest absolute Gasteiger partial charge is 0.463 e. The summed E-state index contributed by atoms with van der Waals surface area (Å²) in [7, 11) is 0. The second-order valence-electron chi connectivity index (χ2n) is 4.94. The Morgan fingerprint density at radius 3 is 2.54 bits per heavy atom. The first-order valence-corrected chi connectivity index (χ1v) is 7.56. The topological polar surface area (TPSA) is 103 Å². The molecule has 0 atom stereocenters. The van der Waals surface area contributed by atoms with Gasteiger partial charge in [0.2, 0.25) is 0 Å². The summed E-state index contributed by atoms with van der Waals surface area (Å²) in [4.78, 5) is 15.6. The van der Waals surface area contributed by atoms with E-state index in [0.717, 1.165) is 5.56 Å². The molecule has 0 amide bonds. The summed E-state index contributed by atoms with van der Waals surface area (Å²) < 4.78 is 4.87. The minimum Gasteiger partial charge on any atom is -0.463 e. The van der Waals surface area contributed by atoms with Gasteiger partial charge in [-0.3, -0.25) is 0 Å². The van der Waals surface area contributed by atoms with E-state index in [1.54, 1.807) is 19.9 Å². The Morgan fingerprint density at radius 2 is 1.96 bits per heavy atom. The Morgan fingerprint density at radius 1 is 1.29 bits per heavy atom. The number of hydrogen-bond acceptors (Lipinski definition) is 6. The first kappa shape index (κ1) is 19.0. The van der Waals surface area contributed by atoms with Gasteiger partial charge >= 0.3 is 5.97 Å². The summed E-state index contributed by atoms with van der Waals surface area (Å²) >= 11 is 0. The average molecular weight is 328 g/mol. The number of carbonyl (C=O) groups is 1. The standard InChI is InChI=1S/C18H24N4O2/c1-4-24-17(23)11-10-16(13(2)22-14(3)19)18(20)21-12-15-8-6-5-7-9-15/h5-11,21H,3-4,12,19-20H2,1-2H3/b11-10+,18-16?,22-13-. The predicted octanol–water partition coefficient (Wildman–Crippen LogP) is 1.96. The lowest BCUT2D eigenvalue weighted by atomic mass is 10.1. The van der Waals surface area contributed by atoms with E-state index in [9.17, 15) is 4.79 Å². The maximum absolute atomic E-state index is 11.5. The minimum absolute atomic E-state index is 0.158. The third-order valence-electron chi connectivity index (χ3n) is 2.99. The van der Waals surface area contributed by atoms with Crippen LogP contribution in [-0.4, -0.2) is 18.3 Å². The van der Waals surface area contributed by atoms with Gasteiger partial charge in [-0.2, -0.15) is 0 Å². The third kappa shape index (κ3) is 6.83. The van der Waals surface area contributed by atoms with Gasteiger partial charge in [0, 0.05) is 18.2 Å². The first-order valence-electron chi connectivity index (χ1n) is 7.56. The molecule has 1 aromatic carbocycles. The van der Waals surface area contributed by atoms with Crippen LogP contribution in [0.2, 0.25) is 0 Å². The number of aliphatic imine (C=N–C) groups is 1. The Labute approximate surface area is 142 Å². The van der Waals surface area contributed by atoms with Crippen LogP contribution in [0.3, 0.4) is 0 Å². The number of carbonyl (C=O) groups excluding carboxylic acids is 1. The zero-order valence-electron chi connectivity index (χ0n) is 14.1. The summed E-state index contributed by atoms with van der Waals surface area (Å²) in [6.45, 7) is 7.87. The highest BCUT2D eigenvalue weighted by Crippen LogP contribution is 2.07. The van der Waals surface area contributed by atoms with Gasteiger partial charge < -0.3 is 21.5 Å². The summed E-state index contributed by atoms with van der Waals surface area (Å²) in [5.41, 5.74) is 13.8. The van der Waals surface area contributed by atoms with E-state index in [1.807, 2.05) is 30.3 Å². The fourth-order valence-electron chi connectivity index (χ4n) is 1.91. The molecule has 6 nitrogen and oxygen atoms in total. The molecule has 0 saturated carbocycles. The van der Waals surface area contributed by atoms with Crippen molar-refractivity contribution in [2.24, 2.45) is 16.5 Å². The van der Waals surface area contributed by atoms with Crippen molar-refractivity contribution in [3.05, 3.63) is 71.8 Å². The first-order chi connectivity index (χ1) is 11.4. The summed E-state index contributed by atoms with van der Waals surface area (Å²) in [6.07, 6.45) is 2.85. The Kier molecular flexibility index (Phi) is 7.84. The van der Waals surface area contributed by atoms with Crippen molar-refractivity contribution in [2.45, 2.75) is 20.4 Å². The highest BCUT2D eigenvalue weighted by Gasteiger charge is 2.07. The average Bonchev–Trinajstić information content (AvgIpc) is 2.53. The van der Waals surface area contributed by atoms with Crippen molar-refractivity contribution in [1.82, 2.24) is 5.32 Å². The maximum Gasteiger partial charge on any atom is 0.330 e. The molecule has 0 unspecified atom stereocenters. The van der Waals surface area contributed by atoms with E-state index in [1.165, 1.54) is 6.08 Å². The zero-order chi connectivity index (χ0) is 17.9. The maximum atomic E-state index is 11.5. The Bertz CT molecular complexity index is 661. The van der Waals surface area contributed by atoms with Crippen molar-refractivity contribution in [2.75, 3.05) is 6.61 Å². The van der Waals surface area contributed by atoms with Crippen molar-refractivity contribution >= 4 is 11.7 Å². The number of hydrogen-bond donors (Lipinski definition) is 3. The van der Waals surface area contributed by atoms with Gasteiger partial charge in [0.1, 0.15) is 11.6 Å². The van der Waals surface area contributed by atoms with Gasteiger partial charge in [-0.25, -0.2) is 9.79 Å². The number of benzene rings is 1. The molecule has 1 rings (SSSR count). The molecule has 0 spiro atoms. The number of ether oxygens (including phenoxy) is 1. The Hall–Kier alpha value is -3.02. The molecule has 5 N–H and O–H groups in total. The normalized spacial score (nSPS) is 12.7. The van der Waals surface area contributed by atoms with Gasteiger partial charge in [-0.15, -0.1) is 0 Å². The van der Waals surface area contributed by atoms with E-state index in [2.05, 4.69) is 16.9 Å². The van der Waals surface area contributed by atoms with Gasteiger partial charge in [-0.05, 0) is 25.5 Å². The zero-order valence-corrected chi connectivity index (χ0v) is 14.1. The lowest BCUT2D eigenvalue weighted by Gasteiger charge is -2.11. The fraction of sp³-hybridized carbons (Fsp3) is 0.222. The summed E-state index contributed by atoms with van der Waals surface area (Å²) in [5, 5.41) is 3.11. The lowest BCUT2D eigenvalue weighted by Crippen LogP contribution is -2.23. The van der Waals surface area contributed by atoms with Crippen LogP contribution < -0.4 is 16.8 Å². The summed E-state index contributed by atoms with van der Waals surface area (Å²) in [5.74, 6) is 0.0810. The molecule has 24 heavy (non-hydrogen) atoms. The molecule has 0 fully saturated rings. The minimum atomic E-state index is -0.453. The van der Waals surface area contributed by atoms with Crippen LogP contribution in [0.4, 0.5) is 0 Å². The Balaban J connectivity index is 3.00. The van der Waals surface area contributed by atoms with Crippen molar-refractivity contribution in [3.63, 3.8) is 0 Å². The fourth-order valence-corrected chi connectivity index (χ4v) is 1.91. The molecule has 0 bridgehead atoms. The number of nitrogens with one attached hydrogen (secondary N) is 1. The van der Waals surface area contributed by atoms with Gasteiger partial charge in [-0.1, -0.05) is 36.9 Å². The smallest absolute Gasteiger partial charge is 0.330 e. The second-order valence-corrected chi connectivity index (χ2v) is 4.94. The van der Waals surface area contributed by atoms with Crippen LogP contribution in [0.5, 0.6) is 0 Å². The van der Waals surface area contributed by atoms with Crippen LogP contribution in [0.25, 0.3) is 0 Å². The van der Waals surface area contributed by atoms with Crippen molar-refractivity contribution < 1.29 is 9.53 Å². The van der Waals surface area contributed by atoms with Crippen LogP contribution in [0, 0.1) is 0 Å². The molecule has 6 heteroatoms. The highest BCUT2D eigenvalue weighted by molar-refractivity contribution is 6.02. The molecule has 0 radical (unpaired) electrons. The van der Waals surface area contributed by atoms with E-state index in [4.69, 9.17) is 16.2 Å². The van der Waals surface area contributed by atoms with Gasteiger partial charge in [0.15, 0.2) is 0 Å². The number of allylic oxidation sites excluding steroid dienone is 2. The predicted molar refractivity (Wildman–Crippen MR) is 96.7 cm³/mol. The number of rotatable bonds is 8. The molecular weight excluding hydrogens is 304 g/mol. The number of esters is 1. The molecule has 0 aromatic heterocycles. The van der Waals surface area contributed by atoms with E-state index in [-0.39, 0.29) is 5.82 Å². The highest BCUT2D eigenvalue weighted by atomic mass is 16.5. The molecule has 0 heterocycles. The van der Waals surface area contributed by atoms with E-state index in [0.29, 0.717) is 30.3 Å². The third-order valence-corrected chi connectivity index (χ3v) is 2.99. The quantitative estimate of drug-likeness (QED) is 0.293. The molecule has 0 saturated heterocycles. The monoisotopic (exact) mass is 328 g/mol. The van der Waals surface area contributed by atoms with Crippen LogP contribution in [0.15, 0.2) is 71.3 Å². The molecule has 1 aromatic rings. The van der Waals surface area contributed by atoms with Crippen LogP contribution >= 0.6 is 0 Å². The molecule has 0 aliphatic heterocycles. The number of nitrogens with two attached hydrogens (primary N) is 2. The van der Waals surface area contributed by atoms with Gasteiger partial charge in [0.05, 0.1) is 12.3 Å². The summed E-state index contributed by atoms with van der Waals surface area (Å²) in [6, 6.07) is 9.81. The SMILES string of the molecule is C=C(N)/N=C(/C)C(/C=C/C(=O)OCC)=C(N)NCc1ccccc1. The van der Waals surface area contributed by atoms with Crippen LogP contribution in [0.1, 0.15) is 19.4 Å². The molecule has 0 aliphatic rings. The second kappa shape index (κ2) is 9.89. The van der Waals surface area contributed by atoms with E-state index >= 15 is 0 Å².